The van der Waals surface area contributed by atoms with Gasteiger partial charge in [0.2, 0.25) is 0 Å². The standard InChI is InChI=1S/C25H31N3O3S2/c1-16-12-20(24-10-6-19(4)32-24)7-11-25(16)33(29,30)27-22-13-21(8-9-23(22)31-5)28-14-17(2)26-18(3)15-28/h6-13,17-18,26-27H,14-15H2,1-5H3. The second kappa shape index (κ2) is 9.37. The summed E-state index contributed by atoms with van der Waals surface area (Å²) in [5, 5.41) is 3.52. The van der Waals surface area contributed by atoms with Crippen molar-refractivity contribution >= 4 is 32.7 Å². The van der Waals surface area contributed by atoms with Gasteiger partial charge in [0.25, 0.3) is 10.0 Å². The van der Waals surface area contributed by atoms with Crippen LogP contribution in [0.15, 0.2) is 53.4 Å². The predicted molar refractivity (Wildman–Crippen MR) is 137 cm³/mol. The van der Waals surface area contributed by atoms with E-state index >= 15 is 0 Å². The molecule has 0 saturated carbocycles. The fraction of sp³-hybridized carbons (Fsp3) is 0.360. The number of piperazine rings is 1. The van der Waals surface area contributed by atoms with Crippen molar-refractivity contribution in [3.63, 3.8) is 0 Å². The summed E-state index contributed by atoms with van der Waals surface area (Å²) >= 11 is 1.70. The van der Waals surface area contributed by atoms with Crippen molar-refractivity contribution in [1.29, 1.82) is 0 Å². The Morgan fingerprint density at radius 1 is 1.03 bits per heavy atom. The molecule has 0 radical (unpaired) electrons. The third-order valence-electron chi connectivity index (χ3n) is 5.84. The van der Waals surface area contributed by atoms with E-state index in [0.717, 1.165) is 29.2 Å². The summed E-state index contributed by atoms with van der Waals surface area (Å²) in [6, 6.07) is 16.0. The monoisotopic (exact) mass is 485 g/mol. The van der Waals surface area contributed by atoms with E-state index in [0.29, 0.717) is 29.1 Å². The molecular formula is C25H31N3O3S2. The minimum Gasteiger partial charge on any atom is -0.495 e. The lowest BCUT2D eigenvalue weighted by atomic mass is 10.1. The fourth-order valence-corrected chi connectivity index (χ4v) is 6.56. The fourth-order valence-electron chi connectivity index (χ4n) is 4.40. The van der Waals surface area contributed by atoms with E-state index in [1.807, 2.05) is 37.3 Å². The van der Waals surface area contributed by atoms with Crippen LogP contribution in [0.25, 0.3) is 10.4 Å². The van der Waals surface area contributed by atoms with Crippen LogP contribution >= 0.6 is 11.3 Å². The van der Waals surface area contributed by atoms with Gasteiger partial charge in [0.1, 0.15) is 5.75 Å². The van der Waals surface area contributed by atoms with E-state index in [-0.39, 0.29) is 4.90 Å². The first-order valence-corrected chi connectivity index (χ1v) is 13.4. The van der Waals surface area contributed by atoms with Gasteiger partial charge in [-0.05, 0) is 81.3 Å². The first kappa shape index (κ1) is 23.6. The van der Waals surface area contributed by atoms with Crippen molar-refractivity contribution in [2.24, 2.45) is 0 Å². The number of rotatable bonds is 6. The number of benzene rings is 2. The van der Waals surface area contributed by atoms with Crippen molar-refractivity contribution in [2.45, 2.75) is 44.7 Å². The first-order chi connectivity index (χ1) is 15.7. The Bertz CT molecular complexity index is 1240. The number of nitrogens with one attached hydrogen (secondary N) is 2. The second-order valence-electron chi connectivity index (χ2n) is 8.75. The lowest BCUT2D eigenvalue weighted by Crippen LogP contribution is -2.54. The summed E-state index contributed by atoms with van der Waals surface area (Å²) in [5.41, 5.74) is 3.12. The van der Waals surface area contributed by atoms with E-state index < -0.39 is 10.0 Å². The molecule has 1 aromatic heterocycles. The molecule has 1 saturated heterocycles. The number of sulfonamides is 1. The maximum Gasteiger partial charge on any atom is 0.262 e. The number of aryl methyl sites for hydroxylation is 2. The van der Waals surface area contributed by atoms with E-state index in [1.54, 1.807) is 24.5 Å². The molecule has 176 valence electrons. The van der Waals surface area contributed by atoms with E-state index in [4.69, 9.17) is 4.74 Å². The zero-order valence-electron chi connectivity index (χ0n) is 19.7. The Balaban J connectivity index is 1.63. The average Bonchev–Trinajstić information content (AvgIpc) is 3.19. The van der Waals surface area contributed by atoms with Gasteiger partial charge in [0.05, 0.1) is 17.7 Å². The summed E-state index contributed by atoms with van der Waals surface area (Å²) in [6.07, 6.45) is 0. The molecule has 2 unspecified atom stereocenters. The minimum absolute atomic E-state index is 0.261. The van der Waals surface area contributed by atoms with Gasteiger partial charge in [-0.1, -0.05) is 6.07 Å². The maximum atomic E-state index is 13.3. The molecule has 33 heavy (non-hydrogen) atoms. The van der Waals surface area contributed by atoms with Crippen molar-refractivity contribution in [3.05, 3.63) is 59.0 Å². The number of ether oxygens (including phenoxy) is 1. The average molecular weight is 486 g/mol. The van der Waals surface area contributed by atoms with Gasteiger partial charge in [-0.3, -0.25) is 4.72 Å². The molecular weight excluding hydrogens is 454 g/mol. The number of nitrogens with zero attached hydrogens (tertiary/aromatic N) is 1. The van der Waals surface area contributed by atoms with Crippen molar-refractivity contribution in [3.8, 4) is 16.2 Å². The van der Waals surface area contributed by atoms with Crippen LogP contribution in [-0.2, 0) is 10.0 Å². The third kappa shape index (κ3) is 5.18. The lowest BCUT2D eigenvalue weighted by molar-refractivity contribution is 0.406. The second-order valence-corrected chi connectivity index (χ2v) is 11.7. The minimum atomic E-state index is -3.80. The van der Waals surface area contributed by atoms with Crippen LogP contribution in [0.4, 0.5) is 11.4 Å². The molecule has 0 spiro atoms. The van der Waals surface area contributed by atoms with Crippen molar-refractivity contribution in [1.82, 2.24) is 5.32 Å². The maximum absolute atomic E-state index is 13.3. The molecule has 2 aromatic carbocycles. The molecule has 2 atom stereocenters. The van der Waals surface area contributed by atoms with E-state index in [9.17, 15) is 8.42 Å². The molecule has 3 aromatic rings. The summed E-state index contributed by atoms with van der Waals surface area (Å²) in [7, 11) is -2.25. The van der Waals surface area contributed by atoms with Crippen molar-refractivity contribution in [2.75, 3.05) is 29.8 Å². The number of methoxy groups -OCH3 is 1. The largest absolute Gasteiger partial charge is 0.495 e. The van der Waals surface area contributed by atoms with Crippen LogP contribution in [0.1, 0.15) is 24.3 Å². The van der Waals surface area contributed by atoms with Gasteiger partial charge in [-0.2, -0.15) is 0 Å². The molecule has 2 N–H and O–H groups in total. The lowest BCUT2D eigenvalue weighted by Gasteiger charge is -2.38. The number of hydrogen-bond acceptors (Lipinski definition) is 6. The molecule has 2 heterocycles. The highest BCUT2D eigenvalue weighted by atomic mass is 32.2. The van der Waals surface area contributed by atoms with Crippen LogP contribution in [0.3, 0.4) is 0 Å². The van der Waals surface area contributed by atoms with E-state index in [2.05, 4.69) is 47.8 Å². The van der Waals surface area contributed by atoms with Gasteiger partial charge in [0, 0.05) is 40.6 Å². The molecule has 1 fully saturated rings. The highest BCUT2D eigenvalue weighted by Crippen LogP contribution is 2.34. The number of anilines is 2. The normalized spacial score (nSPS) is 18.9. The molecule has 0 bridgehead atoms. The van der Waals surface area contributed by atoms with E-state index in [1.165, 1.54) is 4.88 Å². The quantitative estimate of drug-likeness (QED) is 0.513. The third-order valence-corrected chi connectivity index (χ3v) is 8.41. The zero-order valence-corrected chi connectivity index (χ0v) is 21.3. The smallest absolute Gasteiger partial charge is 0.262 e. The highest BCUT2D eigenvalue weighted by molar-refractivity contribution is 7.92. The van der Waals surface area contributed by atoms with Crippen LogP contribution in [0.5, 0.6) is 5.75 Å². The molecule has 8 heteroatoms. The predicted octanol–water partition coefficient (Wildman–Crippen LogP) is 5.03. The Labute approximate surface area is 200 Å². The molecule has 0 amide bonds. The van der Waals surface area contributed by atoms with Crippen LogP contribution in [-0.4, -0.2) is 40.7 Å². The van der Waals surface area contributed by atoms with Gasteiger partial charge < -0.3 is 15.0 Å². The Morgan fingerprint density at radius 3 is 2.36 bits per heavy atom. The Kier molecular flexibility index (Phi) is 6.70. The van der Waals surface area contributed by atoms with Crippen LogP contribution in [0, 0.1) is 13.8 Å². The Hall–Kier alpha value is -2.55. The van der Waals surface area contributed by atoms with Crippen molar-refractivity contribution < 1.29 is 13.2 Å². The summed E-state index contributed by atoms with van der Waals surface area (Å²) in [4.78, 5) is 4.88. The summed E-state index contributed by atoms with van der Waals surface area (Å²) in [6.45, 7) is 9.90. The molecule has 1 aliphatic heterocycles. The van der Waals surface area contributed by atoms with Gasteiger partial charge >= 0.3 is 0 Å². The highest BCUT2D eigenvalue weighted by Gasteiger charge is 2.24. The summed E-state index contributed by atoms with van der Waals surface area (Å²) in [5.74, 6) is 0.488. The molecule has 4 rings (SSSR count). The SMILES string of the molecule is COc1ccc(N2CC(C)NC(C)C2)cc1NS(=O)(=O)c1ccc(-c2ccc(C)s2)cc1C. The number of hydrogen-bond donors (Lipinski definition) is 2. The van der Waals surface area contributed by atoms with Gasteiger partial charge in [-0.25, -0.2) is 8.42 Å². The topological polar surface area (TPSA) is 70.7 Å². The van der Waals surface area contributed by atoms with Gasteiger partial charge in [-0.15, -0.1) is 11.3 Å². The molecule has 0 aliphatic carbocycles. The first-order valence-electron chi connectivity index (χ1n) is 11.1. The Morgan fingerprint density at radius 2 is 1.76 bits per heavy atom. The summed E-state index contributed by atoms with van der Waals surface area (Å²) < 4.78 is 34.9. The van der Waals surface area contributed by atoms with Crippen LogP contribution in [0.2, 0.25) is 0 Å². The molecule has 1 aliphatic rings. The zero-order chi connectivity index (χ0) is 23.8. The van der Waals surface area contributed by atoms with Crippen LogP contribution < -0.4 is 19.7 Å². The van der Waals surface area contributed by atoms with Gasteiger partial charge in [0.15, 0.2) is 0 Å². The molecule has 6 nitrogen and oxygen atoms in total. The number of thiophene rings is 1.